The van der Waals surface area contributed by atoms with Gasteiger partial charge < -0.3 is 24.1 Å². The van der Waals surface area contributed by atoms with Crippen LogP contribution >= 0.6 is 0 Å². The number of nitrogens with zero attached hydrogens (tertiary/aromatic N) is 2. The van der Waals surface area contributed by atoms with Crippen LogP contribution in [-0.2, 0) is 25.6 Å². The Morgan fingerprint density at radius 1 is 1.46 bits per heavy atom. The zero-order valence-corrected chi connectivity index (χ0v) is 14.1. The first-order valence-electron chi connectivity index (χ1n) is 8.09. The Balaban J connectivity index is 1.46. The number of aromatic nitrogens is 2. The molecule has 1 aromatic heterocycles. The van der Waals surface area contributed by atoms with Gasteiger partial charge in [0.25, 0.3) is 0 Å². The molecule has 3 rings (SSSR count). The van der Waals surface area contributed by atoms with Crippen LogP contribution in [0.2, 0.25) is 0 Å². The molecule has 0 bridgehead atoms. The van der Waals surface area contributed by atoms with E-state index in [2.05, 4.69) is 9.97 Å². The first kappa shape index (κ1) is 16.9. The van der Waals surface area contributed by atoms with E-state index < -0.39 is 0 Å². The van der Waals surface area contributed by atoms with Gasteiger partial charge in [-0.1, -0.05) is 12.1 Å². The molecular weight excluding hydrogens is 310 g/mol. The van der Waals surface area contributed by atoms with Crippen molar-refractivity contribution in [1.29, 1.82) is 0 Å². The van der Waals surface area contributed by atoms with Crippen molar-refractivity contribution < 1.29 is 19.0 Å². The van der Waals surface area contributed by atoms with E-state index in [4.69, 9.17) is 14.2 Å². The van der Waals surface area contributed by atoms with Crippen LogP contribution in [0.5, 0.6) is 0 Å². The molecule has 1 aromatic carbocycles. The summed E-state index contributed by atoms with van der Waals surface area (Å²) < 4.78 is 16.4. The van der Waals surface area contributed by atoms with Crippen molar-refractivity contribution in [2.45, 2.75) is 19.6 Å². The number of carbonyl (C=O) groups excluding carboxylic acids is 1. The summed E-state index contributed by atoms with van der Waals surface area (Å²) in [5, 5.41) is 0. The number of rotatable bonds is 6. The lowest BCUT2D eigenvalue weighted by atomic mass is 10.2. The van der Waals surface area contributed by atoms with Gasteiger partial charge >= 0.3 is 0 Å². The highest BCUT2D eigenvalue weighted by atomic mass is 16.6. The average Bonchev–Trinajstić information content (AvgIpc) is 3.00. The molecule has 1 fully saturated rings. The number of H-pyrrole nitrogens is 1. The Bertz CT molecular complexity index is 694. The highest BCUT2D eigenvalue weighted by molar-refractivity contribution is 5.78. The second-order valence-corrected chi connectivity index (χ2v) is 5.99. The number of nitrogens with one attached hydrogen (secondary N) is 1. The second kappa shape index (κ2) is 7.74. The van der Waals surface area contributed by atoms with E-state index in [9.17, 15) is 4.79 Å². The van der Waals surface area contributed by atoms with E-state index in [1.54, 1.807) is 11.9 Å². The number of aryl methyl sites for hydroxylation is 1. The molecule has 0 spiro atoms. The molecule has 24 heavy (non-hydrogen) atoms. The van der Waals surface area contributed by atoms with Crippen molar-refractivity contribution in [3.8, 4) is 0 Å². The average molecular weight is 333 g/mol. The SMILES string of the molecule is Cc1cccc2[nH]c(COCC(=O)N(C)C[C@@H]3COCCO3)nc12. The summed E-state index contributed by atoms with van der Waals surface area (Å²) >= 11 is 0. The molecule has 1 atom stereocenters. The summed E-state index contributed by atoms with van der Waals surface area (Å²) in [6.07, 6.45) is -0.0638. The molecule has 1 amide bonds. The highest BCUT2D eigenvalue weighted by Crippen LogP contribution is 2.15. The van der Waals surface area contributed by atoms with Gasteiger partial charge in [0, 0.05) is 13.6 Å². The fourth-order valence-corrected chi connectivity index (χ4v) is 2.69. The topological polar surface area (TPSA) is 76.7 Å². The summed E-state index contributed by atoms with van der Waals surface area (Å²) in [5.74, 6) is 0.634. The third-order valence-corrected chi connectivity index (χ3v) is 4.02. The van der Waals surface area contributed by atoms with Crippen molar-refractivity contribution in [2.75, 3.05) is 40.0 Å². The normalized spacial score (nSPS) is 18.0. The minimum atomic E-state index is -0.0866. The van der Waals surface area contributed by atoms with Gasteiger partial charge in [0.2, 0.25) is 5.91 Å². The number of likely N-dealkylation sites (N-methyl/N-ethyl adjacent to an activating group) is 1. The summed E-state index contributed by atoms with van der Waals surface area (Å²) in [5.41, 5.74) is 3.03. The van der Waals surface area contributed by atoms with Gasteiger partial charge in [0.05, 0.1) is 37.0 Å². The first-order chi connectivity index (χ1) is 11.6. The third-order valence-electron chi connectivity index (χ3n) is 4.02. The number of hydrogen-bond donors (Lipinski definition) is 1. The number of ether oxygens (including phenoxy) is 3. The smallest absolute Gasteiger partial charge is 0.248 e. The number of para-hydroxylation sites is 1. The number of aromatic amines is 1. The van der Waals surface area contributed by atoms with Crippen molar-refractivity contribution >= 4 is 16.9 Å². The Morgan fingerprint density at radius 2 is 2.33 bits per heavy atom. The summed E-state index contributed by atoms with van der Waals surface area (Å²) in [6.45, 7) is 4.53. The molecule has 1 saturated heterocycles. The largest absolute Gasteiger partial charge is 0.376 e. The Hall–Kier alpha value is -1.96. The van der Waals surface area contributed by atoms with Gasteiger partial charge in [-0.3, -0.25) is 4.79 Å². The number of fused-ring (bicyclic) bond motifs is 1. The summed E-state index contributed by atoms with van der Waals surface area (Å²) in [4.78, 5) is 21.4. The van der Waals surface area contributed by atoms with Crippen LogP contribution in [0.15, 0.2) is 18.2 Å². The van der Waals surface area contributed by atoms with Gasteiger partial charge in [-0.2, -0.15) is 0 Å². The minimum absolute atomic E-state index is 0.0140. The Morgan fingerprint density at radius 3 is 3.08 bits per heavy atom. The lowest BCUT2D eigenvalue weighted by Gasteiger charge is -2.27. The predicted octanol–water partition coefficient (Wildman–Crippen LogP) is 1.26. The molecular formula is C17H23N3O4. The molecule has 7 heteroatoms. The monoisotopic (exact) mass is 333 g/mol. The molecule has 0 unspecified atom stereocenters. The molecule has 7 nitrogen and oxygen atoms in total. The molecule has 1 aliphatic heterocycles. The van der Waals surface area contributed by atoms with E-state index in [0.717, 1.165) is 22.4 Å². The van der Waals surface area contributed by atoms with Gasteiger partial charge in [-0.05, 0) is 18.6 Å². The van der Waals surface area contributed by atoms with Crippen LogP contribution in [0.1, 0.15) is 11.4 Å². The maximum Gasteiger partial charge on any atom is 0.248 e. The van der Waals surface area contributed by atoms with Crippen LogP contribution in [0.3, 0.4) is 0 Å². The summed E-state index contributed by atoms with van der Waals surface area (Å²) in [6, 6.07) is 5.98. The van der Waals surface area contributed by atoms with E-state index >= 15 is 0 Å². The molecule has 1 N–H and O–H groups in total. The lowest BCUT2D eigenvalue weighted by molar-refractivity contribution is -0.141. The minimum Gasteiger partial charge on any atom is -0.376 e. The first-order valence-corrected chi connectivity index (χ1v) is 8.09. The maximum absolute atomic E-state index is 12.1. The number of amides is 1. The molecule has 2 heterocycles. The molecule has 0 aliphatic carbocycles. The van der Waals surface area contributed by atoms with E-state index in [-0.39, 0.29) is 25.2 Å². The lowest BCUT2D eigenvalue weighted by Crippen LogP contribution is -2.42. The van der Waals surface area contributed by atoms with Gasteiger partial charge in [-0.15, -0.1) is 0 Å². The second-order valence-electron chi connectivity index (χ2n) is 5.99. The van der Waals surface area contributed by atoms with Gasteiger partial charge in [0.1, 0.15) is 19.0 Å². The quantitative estimate of drug-likeness (QED) is 0.861. The van der Waals surface area contributed by atoms with Crippen LogP contribution in [0.25, 0.3) is 11.0 Å². The summed E-state index contributed by atoms with van der Waals surface area (Å²) in [7, 11) is 1.74. The Kier molecular flexibility index (Phi) is 5.44. The van der Waals surface area contributed by atoms with Crippen molar-refractivity contribution in [1.82, 2.24) is 14.9 Å². The van der Waals surface area contributed by atoms with Crippen molar-refractivity contribution in [2.24, 2.45) is 0 Å². The standard InChI is InChI=1S/C17H23N3O4/c1-12-4-3-5-14-17(12)19-15(18-14)10-23-11-16(21)20(2)8-13-9-22-6-7-24-13/h3-5,13H,6-11H2,1-2H3,(H,18,19)/t13-/m1/s1. The van der Waals surface area contributed by atoms with E-state index in [0.29, 0.717) is 26.4 Å². The predicted molar refractivity (Wildman–Crippen MR) is 88.7 cm³/mol. The molecule has 2 aromatic rings. The fourth-order valence-electron chi connectivity index (χ4n) is 2.69. The van der Waals surface area contributed by atoms with E-state index in [1.165, 1.54) is 0 Å². The van der Waals surface area contributed by atoms with Crippen molar-refractivity contribution in [3.05, 3.63) is 29.6 Å². The van der Waals surface area contributed by atoms with Crippen LogP contribution in [-0.4, -0.2) is 66.9 Å². The number of carbonyl (C=O) groups is 1. The van der Waals surface area contributed by atoms with Gasteiger partial charge in [0.15, 0.2) is 0 Å². The third kappa shape index (κ3) is 4.11. The van der Waals surface area contributed by atoms with Crippen LogP contribution in [0, 0.1) is 6.92 Å². The van der Waals surface area contributed by atoms with Crippen LogP contribution in [0.4, 0.5) is 0 Å². The van der Waals surface area contributed by atoms with Crippen LogP contribution < -0.4 is 0 Å². The zero-order chi connectivity index (χ0) is 16.9. The molecule has 1 aliphatic rings. The number of imidazole rings is 1. The van der Waals surface area contributed by atoms with Crippen molar-refractivity contribution in [3.63, 3.8) is 0 Å². The number of hydrogen-bond acceptors (Lipinski definition) is 5. The molecule has 130 valence electrons. The Labute approximate surface area is 140 Å². The molecule has 0 saturated carbocycles. The van der Waals surface area contributed by atoms with E-state index in [1.807, 2.05) is 25.1 Å². The van der Waals surface area contributed by atoms with Gasteiger partial charge in [-0.25, -0.2) is 4.98 Å². The fraction of sp³-hybridized carbons (Fsp3) is 0.529. The zero-order valence-electron chi connectivity index (χ0n) is 14.1. The molecule has 0 radical (unpaired) electrons. The maximum atomic E-state index is 12.1. The number of benzene rings is 1. The highest BCUT2D eigenvalue weighted by Gasteiger charge is 2.19.